The molecule has 1 atom stereocenters. The van der Waals surface area contributed by atoms with Crippen LogP contribution in [-0.2, 0) is 0 Å². The summed E-state index contributed by atoms with van der Waals surface area (Å²) in [4.78, 5) is 0. The van der Waals surface area contributed by atoms with Gasteiger partial charge in [-0.15, -0.1) is 0 Å². The molecule has 4 heteroatoms. The van der Waals surface area contributed by atoms with Crippen molar-refractivity contribution in [1.29, 1.82) is 0 Å². The molecule has 10 heavy (non-hydrogen) atoms. The van der Waals surface area contributed by atoms with Crippen LogP contribution < -0.4 is 5.32 Å². The molecular weight excluding hydrogens is 143 g/mol. The van der Waals surface area contributed by atoms with Crippen LogP contribution in [0.15, 0.2) is 0 Å². The van der Waals surface area contributed by atoms with Crippen molar-refractivity contribution in [2.24, 2.45) is 0 Å². The first-order chi connectivity index (χ1) is 4.58. The van der Waals surface area contributed by atoms with E-state index in [0.29, 0.717) is 6.42 Å². The first-order valence-electron chi connectivity index (χ1n) is 3.38. The molecule has 0 aromatic carbocycles. The molecule has 1 aliphatic rings. The number of alkyl halides is 3. The van der Waals surface area contributed by atoms with Gasteiger partial charge in [-0.25, -0.2) is 0 Å². The standard InChI is InChI=1S/C6H10F3N/c7-6(8,9)4-5-2-1-3-10-5/h5,10H,1-4H2. The maximum atomic E-state index is 11.7. The molecule has 1 aliphatic heterocycles. The van der Waals surface area contributed by atoms with Gasteiger partial charge in [0.25, 0.3) is 0 Å². The average molecular weight is 153 g/mol. The Labute approximate surface area is 57.6 Å². The molecule has 0 bridgehead atoms. The van der Waals surface area contributed by atoms with E-state index < -0.39 is 12.6 Å². The van der Waals surface area contributed by atoms with E-state index in [2.05, 4.69) is 5.32 Å². The van der Waals surface area contributed by atoms with Gasteiger partial charge in [-0.05, 0) is 19.4 Å². The van der Waals surface area contributed by atoms with Gasteiger partial charge in [0.05, 0.1) is 6.42 Å². The van der Waals surface area contributed by atoms with Crippen molar-refractivity contribution in [3.05, 3.63) is 0 Å². The summed E-state index contributed by atoms with van der Waals surface area (Å²) in [6.07, 6.45) is -3.13. The van der Waals surface area contributed by atoms with Gasteiger partial charge in [-0.3, -0.25) is 0 Å². The second-order valence-corrected chi connectivity index (χ2v) is 2.61. The molecule has 1 saturated heterocycles. The zero-order valence-corrected chi connectivity index (χ0v) is 5.54. The third-order valence-corrected chi connectivity index (χ3v) is 1.64. The highest BCUT2D eigenvalue weighted by Gasteiger charge is 2.32. The maximum Gasteiger partial charge on any atom is 0.390 e. The van der Waals surface area contributed by atoms with Crippen LogP contribution in [0.2, 0.25) is 0 Å². The zero-order chi connectivity index (χ0) is 7.61. The lowest BCUT2D eigenvalue weighted by molar-refractivity contribution is -0.139. The molecule has 0 spiro atoms. The van der Waals surface area contributed by atoms with Crippen LogP contribution in [0.3, 0.4) is 0 Å². The Bertz CT molecular complexity index is 104. The van der Waals surface area contributed by atoms with Crippen LogP contribution in [0.1, 0.15) is 19.3 Å². The van der Waals surface area contributed by atoms with E-state index in [9.17, 15) is 13.2 Å². The lowest BCUT2D eigenvalue weighted by Gasteiger charge is -2.11. The van der Waals surface area contributed by atoms with Crippen molar-refractivity contribution in [3.8, 4) is 0 Å². The fourth-order valence-corrected chi connectivity index (χ4v) is 1.21. The first kappa shape index (κ1) is 7.85. The summed E-state index contributed by atoms with van der Waals surface area (Å²) >= 11 is 0. The lowest BCUT2D eigenvalue weighted by Crippen LogP contribution is -2.27. The predicted molar refractivity (Wildman–Crippen MR) is 31.7 cm³/mol. The molecule has 0 saturated carbocycles. The van der Waals surface area contributed by atoms with E-state index in [-0.39, 0.29) is 6.04 Å². The summed E-state index contributed by atoms with van der Waals surface area (Å²) in [5.41, 5.74) is 0. The molecule has 1 unspecified atom stereocenters. The van der Waals surface area contributed by atoms with Crippen molar-refractivity contribution < 1.29 is 13.2 Å². The first-order valence-corrected chi connectivity index (χ1v) is 3.38. The Balaban J connectivity index is 2.24. The van der Waals surface area contributed by atoms with E-state index >= 15 is 0 Å². The smallest absolute Gasteiger partial charge is 0.314 e. The highest BCUT2D eigenvalue weighted by atomic mass is 19.4. The lowest BCUT2D eigenvalue weighted by atomic mass is 10.1. The van der Waals surface area contributed by atoms with Crippen LogP contribution in [0.5, 0.6) is 0 Å². The van der Waals surface area contributed by atoms with E-state index in [1.54, 1.807) is 0 Å². The molecule has 0 aromatic heterocycles. The zero-order valence-electron chi connectivity index (χ0n) is 5.54. The Morgan fingerprint density at radius 1 is 1.40 bits per heavy atom. The minimum atomic E-state index is -4.00. The van der Waals surface area contributed by atoms with Gasteiger partial charge in [-0.1, -0.05) is 0 Å². The number of hydrogen-bond acceptors (Lipinski definition) is 1. The molecule has 1 rings (SSSR count). The van der Waals surface area contributed by atoms with Crippen LogP contribution in [-0.4, -0.2) is 18.8 Å². The van der Waals surface area contributed by atoms with Crippen LogP contribution >= 0.6 is 0 Å². The van der Waals surface area contributed by atoms with Crippen LogP contribution in [0.4, 0.5) is 13.2 Å². The monoisotopic (exact) mass is 153 g/mol. The molecule has 0 aromatic rings. The van der Waals surface area contributed by atoms with Crippen molar-refractivity contribution in [2.45, 2.75) is 31.5 Å². The number of hydrogen-bond donors (Lipinski definition) is 1. The van der Waals surface area contributed by atoms with E-state index in [4.69, 9.17) is 0 Å². The Kier molecular flexibility index (Phi) is 2.18. The largest absolute Gasteiger partial charge is 0.390 e. The molecule has 0 radical (unpaired) electrons. The van der Waals surface area contributed by atoms with Gasteiger partial charge in [0.15, 0.2) is 0 Å². The van der Waals surface area contributed by atoms with Gasteiger partial charge in [0.2, 0.25) is 0 Å². The normalized spacial score (nSPS) is 27.3. The molecule has 1 heterocycles. The summed E-state index contributed by atoms with van der Waals surface area (Å²) in [6, 6.07) is -0.319. The van der Waals surface area contributed by atoms with Crippen molar-refractivity contribution in [1.82, 2.24) is 5.32 Å². The Morgan fingerprint density at radius 3 is 2.50 bits per heavy atom. The number of rotatable bonds is 1. The third-order valence-electron chi connectivity index (χ3n) is 1.64. The van der Waals surface area contributed by atoms with Gasteiger partial charge in [0.1, 0.15) is 0 Å². The summed E-state index contributed by atoms with van der Waals surface area (Å²) < 4.78 is 35.0. The third kappa shape index (κ3) is 2.56. The van der Waals surface area contributed by atoms with Crippen LogP contribution in [0, 0.1) is 0 Å². The van der Waals surface area contributed by atoms with Gasteiger partial charge >= 0.3 is 6.18 Å². The molecule has 0 aliphatic carbocycles. The SMILES string of the molecule is FC(F)(F)CC1CCCN1. The second kappa shape index (κ2) is 2.78. The maximum absolute atomic E-state index is 11.7. The summed E-state index contributed by atoms with van der Waals surface area (Å²) in [5, 5.41) is 2.79. The highest BCUT2D eigenvalue weighted by molar-refractivity contribution is 4.76. The molecule has 1 N–H and O–H groups in total. The van der Waals surface area contributed by atoms with Gasteiger partial charge in [-0.2, -0.15) is 13.2 Å². The van der Waals surface area contributed by atoms with Crippen molar-refractivity contribution >= 4 is 0 Å². The fourth-order valence-electron chi connectivity index (χ4n) is 1.21. The van der Waals surface area contributed by atoms with Gasteiger partial charge in [0, 0.05) is 6.04 Å². The molecular formula is C6H10F3N. The number of halogens is 3. The quantitative estimate of drug-likeness (QED) is 0.604. The molecule has 60 valence electrons. The highest BCUT2D eigenvalue weighted by Crippen LogP contribution is 2.24. The van der Waals surface area contributed by atoms with Crippen molar-refractivity contribution in [2.75, 3.05) is 6.54 Å². The minimum absolute atomic E-state index is 0.319. The topological polar surface area (TPSA) is 12.0 Å². The van der Waals surface area contributed by atoms with Crippen molar-refractivity contribution in [3.63, 3.8) is 0 Å². The Hall–Kier alpha value is -0.250. The van der Waals surface area contributed by atoms with E-state index in [1.165, 1.54) is 0 Å². The van der Waals surface area contributed by atoms with Gasteiger partial charge < -0.3 is 5.32 Å². The predicted octanol–water partition coefficient (Wildman–Crippen LogP) is 1.69. The Morgan fingerprint density at radius 2 is 2.10 bits per heavy atom. The summed E-state index contributed by atoms with van der Waals surface area (Å²) in [5.74, 6) is 0. The molecule has 0 amide bonds. The second-order valence-electron chi connectivity index (χ2n) is 2.61. The van der Waals surface area contributed by atoms with Crippen LogP contribution in [0.25, 0.3) is 0 Å². The minimum Gasteiger partial charge on any atom is -0.314 e. The molecule has 1 nitrogen and oxygen atoms in total. The van der Waals surface area contributed by atoms with E-state index in [1.807, 2.05) is 0 Å². The van der Waals surface area contributed by atoms with E-state index in [0.717, 1.165) is 13.0 Å². The average Bonchev–Trinajstić information content (AvgIpc) is 2.12. The number of nitrogens with one attached hydrogen (secondary N) is 1. The summed E-state index contributed by atoms with van der Waals surface area (Å²) in [7, 11) is 0. The fraction of sp³-hybridized carbons (Fsp3) is 1.00. The molecule has 1 fully saturated rings. The summed E-state index contributed by atoms with van der Waals surface area (Å²) in [6.45, 7) is 0.737.